The minimum atomic E-state index is 0.462. The van der Waals surface area contributed by atoms with Gasteiger partial charge in [0.2, 0.25) is 0 Å². The molecule has 0 saturated heterocycles. The first kappa shape index (κ1) is 13.9. The Balaban J connectivity index is 1.51. The van der Waals surface area contributed by atoms with Gasteiger partial charge in [-0.3, -0.25) is 0 Å². The summed E-state index contributed by atoms with van der Waals surface area (Å²) in [5.41, 5.74) is 1.34. The van der Waals surface area contributed by atoms with Crippen LogP contribution in [0.15, 0.2) is 24.3 Å². The van der Waals surface area contributed by atoms with Crippen LogP contribution in [-0.2, 0) is 0 Å². The third kappa shape index (κ3) is 3.17. The molecule has 1 aliphatic carbocycles. The van der Waals surface area contributed by atoms with Crippen molar-refractivity contribution >= 4 is 0 Å². The van der Waals surface area contributed by atoms with Crippen molar-refractivity contribution in [1.82, 2.24) is 5.32 Å². The van der Waals surface area contributed by atoms with Crippen LogP contribution in [-0.4, -0.2) is 13.2 Å². The van der Waals surface area contributed by atoms with Gasteiger partial charge in [-0.25, -0.2) is 0 Å². The Kier molecular flexibility index (Phi) is 4.62. The molecule has 0 aromatic heterocycles. The smallest absolute Gasteiger partial charge is 0.124 e. The fraction of sp³-hybridized carbons (Fsp3) is 0.667. The van der Waals surface area contributed by atoms with Crippen LogP contribution >= 0.6 is 0 Å². The zero-order valence-electron chi connectivity index (χ0n) is 12.6. The third-order valence-electron chi connectivity index (χ3n) is 4.95. The van der Waals surface area contributed by atoms with Crippen molar-refractivity contribution < 1.29 is 4.74 Å². The van der Waals surface area contributed by atoms with Crippen LogP contribution in [0.25, 0.3) is 0 Å². The van der Waals surface area contributed by atoms with E-state index in [9.17, 15) is 0 Å². The summed E-state index contributed by atoms with van der Waals surface area (Å²) in [7, 11) is 0. The molecular formula is C18H27NO. The fourth-order valence-corrected chi connectivity index (χ4v) is 3.75. The zero-order chi connectivity index (χ0) is 13.8. The summed E-state index contributed by atoms with van der Waals surface area (Å²) in [6, 6.07) is 8.94. The summed E-state index contributed by atoms with van der Waals surface area (Å²) in [5, 5.41) is 3.77. The van der Waals surface area contributed by atoms with Gasteiger partial charge in [-0.15, -0.1) is 0 Å². The molecule has 0 radical (unpaired) electrons. The van der Waals surface area contributed by atoms with E-state index in [2.05, 4.69) is 36.5 Å². The number of benzene rings is 1. The Morgan fingerprint density at radius 3 is 2.85 bits per heavy atom. The molecule has 1 saturated carbocycles. The molecule has 3 rings (SSSR count). The van der Waals surface area contributed by atoms with Crippen molar-refractivity contribution in [3.63, 3.8) is 0 Å². The van der Waals surface area contributed by atoms with Crippen LogP contribution in [0.1, 0.15) is 57.1 Å². The number of nitrogens with one attached hydrogen (secondary N) is 1. The van der Waals surface area contributed by atoms with Crippen LogP contribution in [0.4, 0.5) is 0 Å². The van der Waals surface area contributed by atoms with E-state index >= 15 is 0 Å². The SMILES string of the molecule is CC1COc2ccccc2C1NCCCC1CCCC1. The van der Waals surface area contributed by atoms with Gasteiger partial charge in [0.05, 0.1) is 6.61 Å². The lowest BCUT2D eigenvalue weighted by atomic mass is 9.92. The van der Waals surface area contributed by atoms with Gasteiger partial charge in [0.1, 0.15) is 5.75 Å². The highest BCUT2D eigenvalue weighted by molar-refractivity contribution is 5.37. The number of para-hydroxylation sites is 1. The summed E-state index contributed by atoms with van der Waals surface area (Å²) in [6.45, 7) is 4.25. The lowest BCUT2D eigenvalue weighted by Gasteiger charge is -2.32. The van der Waals surface area contributed by atoms with Crippen LogP contribution in [0.3, 0.4) is 0 Å². The second kappa shape index (κ2) is 6.62. The van der Waals surface area contributed by atoms with Gasteiger partial charge in [0.25, 0.3) is 0 Å². The van der Waals surface area contributed by atoms with Crippen molar-refractivity contribution in [3.8, 4) is 5.75 Å². The molecule has 2 atom stereocenters. The van der Waals surface area contributed by atoms with Crippen LogP contribution in [0, 0.1) is 11.8 Å². The van der Waals surface area contributed by atoms with Crippen molar-refractivity contribution in [1.29, 1.82) is 0 Å². The number of rotatable bonds is 5. The molecule has 20 heavy (non-hydrogen) atoms. The minimum Gasteiger partial charge on any atom is -0.493 e. The van der Waals surface area contributed by atoms with E-state index in [4.69, 9.17) is 4.74 Å². The second-order valence-corrected chi connectivity index (χ2v) is 6.55. The zero-order valence-corrected chi connectivity index (χ0v) is 12.6. The first-order valence-corrected chi connectivity index (χ1v) is 8.29. The first-order chi connectivity index (χ1) is 9.84. The lowest BCUT2D eigenvalue weighted by molar-refractivity contribution is 0.188. The monoisotopic (exact) mass is 273 g/mol. The average molecular weight is 273 g/mol. The summed E-state index contributed by atoms with van der Waals surface area (Å²) >= 11 is 0. The van der Waals surface area contributed by atoms with E-state index < -0.39 is 0 Å². The second-order valence-electron chi connectivity index (χ2n) is 6.55. The molecule has 1 N–H and O–H groups in total. The van der Waals surface area contributed by atoms with Crippen molar-refractivity contribution in [3.05, 3.63) is 29.8 Å². The van der Waals surface area contributed by atoms with Crippen molar-refractivity contribution in [2.75, 3.05) is 13.2 Å². The van der Waals surface area contributed by atoms with Gasteiger partial charge in [0, 0.05) is 17.5 Å². The van der Waals surface area contributed by atoms with Crippen molar-refractivity contribution in [2.24, 2.45) is 11.8 Å². The number of hydrogen-bond donors (Lipinski definition) is 1. The molecule has 110 valence electrons. The highest BCUT2D eigenvalue weighted by atomic mass is 16.5. The normalized spacial score (nSPS) is 26.2. The lowest BCUT2D eigenvalue weighted by Crippen LogP contribution is -2.34. The molecule has 1 fully saturated rings. The molecule has 2 nitrogen and oxygen atoms in total. The Bertz CT molecular complexity index is 425. The summed E-state index contributed by atoms with van der Waals surface area (Å²) in [4.78, 5) is 0. The van der Waals surface area contributed by atoms with E-state index in [0.717, 1.165) is 24.8 Å². The number of fused-ring (bicyclic) bond motifs is 1. The maximum absolute atomic E-state index is 5.81. The van der Waals surface area contributed by atoms with Crippen LogP contribution in [0.5, 0.6) is 5.75 Å². The van der Waals surface area contributed by atoms with Gasteiger partial charge in [-0.2, -0.15) is 0 Å². The van der Waals surface area contributed by atoms with Gasteiger partial charge < -0.3 is 10.1 Å². The maximum atomic E-state index is 5.81. The number of ether oxygens (including phenoxy) is 1. The molecule has 2 heteroatoms. The van der Waals surface area contributed by atoms with Gasteiger partial charge in [-0.1, -0.05) is 50.8 Å². The largest absolute Gasteiger partial charge is 0.493 e. The highest BCUT2D eigenvalue weighted by Gasteiger charge is 2.27. The molecule has 1 heterocycles. The maximum Gasteiger partial charge on any atom is 0.124 e. The van der Waals surface area contributed by atoms with Crippen LogP contribution in [0.2, 0.25) is 0 Å². The topological polar surface area (TPSA) is 21.3 Å². The summed E-state index contributed by atoms with van der Waals surface area (Å²) in [5.74, 6) is 2.63. The molecule has 1 aromatic carbocycles. The summed E-state index contributed by atoms with van der Waals surface area (Å²) < 4.78 is 5.81. The average Bonchev–Trinajstić information content (AvgIpc) is 2.98. The third-order valence-corrected chi connectivity index (χ3v) is 4.95. The molecule has 1 aliphatic heterocycles. The highest BCUT2D eigenvalue weighted by Crippen LogP contribution is 2.35. The molecule has 1 aromatic rings. The van der Waals surface area contributed by atoms with E-state index in [1.165, 1.54) is 44.1 Å². The minimum absolute atomic E-state index is 0.462. The molecule has 0 bridgehead atoms. The Labute approximate surface area is 122 Å². The van der Waals surface area contributed by atoms with Crippen molar-refractivity contribution in [2.45, 2.75) is 51.5 Å². The van der Waals surface area contributed by atoms with E-state index in [-0.39, 0.29) is 0 Å². The van der Waals surface area contributed by atoms with Gasteiger partial charge in [0.15, 0.2) is 0 Å². The molecule has 2 aliphatic rings. The van der Waals surface area contributed by atoms with Gasteiger partial charge >= 0.3 is 0 Å². The Morgan fingerprint density at radius 2 is 2.00 bits per heavy atom. The van der Waals surface area contributed by atoms with E-state index in [1.54, 1.807) is 0 Å². The molecular weight excluding hydrogens is 246 g/mol. The Morgan fingerprint density at radius 1 is 1.20 bits per heavy atom. The molecule has 2 unspecified atom stereocenters. The quantitative estimate of drug-likeness (QED) is 0.807. The first-order valence-electron chi connectivity index (χ1n) is 8.29. The van der Waals surface area contributed by atoms with E-state index in [1.807, 2.05) is 0 Å². The Hall–Kier alpha value is -1.02. The molecule has 0 amide bonds. The predicted octanol–water partition coefficient (Wildman–Crippen LogP) is 4.32. The van der Waals surface area contributed by atoms with E-state index in [0.29, 0.717) is 12.0 Å². The number of hydrogen-bond acceptors (Lipinski definition) is 2. The van der Waals surface area contributed by atoms with Crippen LogP contribution < -0.4 is 10.1 Å². The summed E-state index contributed by atoms with van der Waals surface area (Å²) in [6.07, 6.45) is 8.58. The van der Waals surface area contributed by atoms with Gasteiger partial charge in [-0.05, 0) is 31.4 Å². The molecule has 0 spiro atoms. The predicted molar refractivity (Wildman–Crippen MR) is 83.0 cm³/mol. The standard InChI is InChI=1S/C18H27NO/c1-14-13-20-17-11-5-4-10-16(17)18(14)19-12-6-9-15-7-2-3-8-15/h4-5,10-11,14-15,18-19H,2-3,6-9,12-13H2,1H3. The fourth-order valence-electron chi connectivity index (χ4n) is 3.75.